The number of ether oxygens (including phenoxy) is 3. The molecule has 0 radical (unpaired) electrons. The SMILES string of the molecule is CNC(=O)OCc1cc(Oc2ccc(NCCCNC(=O)OC(C)(C)C)nc2)cc(-c2cc(Cl)cc(Cl)c2)c1. The summed E-state index contributed by atoms with van der Waals surface area (Å²) in [5.41, 5.74) is 1.77. The van der Waals surface area contributed by atoms with E-state index >= 15 is 0 Å². The zero-order valence-electron chi connectivity index (χ0n) is 22.3. The number of aromatic nitrogens is 1. The van der Waals surface area contributed by atoms with Crippen molar-refractivity contribution < 1.29 is 23.8 Å². The number of rotatable bonds is 10. The average molecular weight is 575 g/mol. The van der Waals surface area contributed by atoms with Gasteiger partial charge >= 0.3 is 12.2 Å². The molecule has 3 rings (SSSR count). The van der Waals surface area contributed by atoms with Crippen molar-refractivity contribution in [2.24, 2.45) is 0 Å². The monoisotopic (exact) mass is 574 g/mol. The van der Waals surface area contributed by atoms with E-state index in [4.69, 9.17) is 37.4 Å². The van der Waals surface area contributed by atoms with Gasteiger partial charge in [0.2, 0.25) is 0 Å². The van der Waals surface area contributed by atoms with Crippen molar-refractivity contribution in [1.82, 2.24) is 15.6 Å². The molecule has 0 bridgehead atoms. The molecule has 11 heteroatoms. The number of pyridine rings is 1. The first kappa shape index (κ1) is 29.9. The highest BCUT2D eigenvalue weighted by Crippen LogP contribution is 2.32. The molecule has 3 N–H and O–H groups in total. The Morgan fingerprint density at radius 1 is 0.897 bits per heavy atom. The van der Waals surface area contributed by atoms with Crippen LogP contribution in [0.2, 0.25) is 10.0 Å². The highest BCUT2D eigenvalue weighted by atomic mass is 35.5. The van der Waals surface area contributed by atoms with E-state index in [2.05, 4.69) is 20.9 Å². The number of nitrogens with one attached hydrogen (secondary N) is 3. The summed E-state index contributed by atoms with van der Waals surface area (Å²) in [7, 11) is 1.49. The minimum absolute atomic E-state index is 0.0437. The van der Waals surface area contributed by atoms with Crippen LogP contribution < -0.4 is 20.7 Å². The van der Waals surface area contributed by atoms with Crippen LogP contribution in [0.5, 0.6) is 11.5 Å². The lowest BCUT2D eigenvalue weighted by Crippen LogP contribution is -2.33. The van der Waals surface area contributed by atoms with Gasteiger partial charge in [0.25, 0.3) is 0 Å². The Morgan fingerprint density at radius 2 is 1.62 bits per heavy atom. The number of benzene rings is 2. The van der Waals surface area contributed by atoms with Gasteiger partial charge in [0.15, 0.2) is 0 Å². The smallest absolute Gasteiger partial charge is 0.407 e. The fourth-order valence-corrected chi connectivity index (χ4v) is 3.93. The summed E-state index contributed by atoms with van der Waals surface area (Å²) in [6.07, 6.45) is 1.32. The molecule has 0 aliphatic rings. The van der Waals surface area contributed by atoms with Crippen molar-refractivity contribution >= 4 is 41.2 Å². The van der Waals surface area contributed by atoms with E-state index in [1.54, 1.807) is 42.6 Å². The maximum atomic E-state index is 11.7. The molecule has 208 valence electrons. The van der Waals surface area contributed by atoms with Crippen LogP contribution in [-0.4, -0.2) is 42.9 Å². The van der Waals surface area contributed by atoms with Crippen LogP contribution in [0.25, 0.3) is 11.1 Å². The third-order valence-electron chi connectivity index (χ3n) is 5.04. The minimum Gasteiger partial charge on any atom is -0.456 e. The molecular formula is C28H32Cl2N4O5. The van der Waals surface area contributed by atoms with Gasteiger partial charge in [0.05, 0.1) is 6.20 Å². The second-order valence-corrected chi connectivity index (χ2v) is 10.4. The van der Waals surface area contributed by atoms with Gasteiger partial charge in [-0.1, -0.05) is 23.2 Å². The molecular weight excluding hydrogens is 543 g/mol. The molecule has 39 heavy (non-hydrogen) atoms. The summed E-state index contributed by atoms with van der Waals surface area (Å²) in [4.78, 5) is 27.7. The Labute approximate surface area is 238 Å². The van der Waals surface area contributed by atoms with Crippen LogP contribution in [0.4, 0.5) is 15.4 Å². The van der Waals surface area contributed by atoms with Gasteiger partial charge < -0.3 is 30.2 Å². The zero-order valence-corrected chi connectivity index (χ0v) is 23.8. The maximum absolute atomic E-state index is 11.7. The first-order chi connectivity index (χ1) is 18.5. The summed E-state index contributed by atoms with van der Waals surface area (Å²) < 4.78 is 16.5. The number of anilines is 1. The van der Waals surface area contributed by atoms with Crippen LogP contribution >= 0.6 is 23.2 Å². The molecule has 3 aromatic rings. The number of carbonyl (C=O) groups is 2. The molecule has 0 spiro atoms. The highest BCUT2D eigenvalue weighted by Gasteiger charge is 2.15. The second kappa shape index (κ2) is 13.9. The van der Waals surface area contributed by atoms with Crippen molar-refractivity contribution in [2.75, 3.05) is 25.5 Å². The summed E-state index contributed by atoms with van der Waals surface area (Å²) in [6, 6.07) is 14.3. The van der Waals surface area contributed by atoms with E-state index in [-0.39, 0.29) is 6.61 Å². The van der Waals surface area contributed by atoms with Gasteiger partial charge in [-0.15, -0.1) is 0 Å². The van der Waals surface area contributed by atoms with Crippen LogP contribution in [0.15, 0.2) is 54.7 Å². The Morgan fingerprint density at radius 3 is 2.26 bits per heavy atom. The molecule has 0 aliphatic carbocycles. The van der Waals surface area contributed by atoms with Gasteiger partial charge in [-0.2, -0.15) is 0 Å². The molecule has 0 saturated heterocycles. The van der Waals surface area contributed by atoms with E-state index < -0.39 is 17.8 Å². The Balaban J connectivity index is 1.63. The number of hydrogen-bond donors (Lipinski definition) is 3. The average Bonchev–Trinajstić information content (AvgIpc) is 2.86. The molecule has 0 fully saturated rings. The van der Waals surface area contributed by atoms with Crippen molar-refractivity contribution in [3.63, 3.8) is 0 Å². The third-order valence-corrected chi connectivity index (χ3v) is 5.47. The van der Waals surface area contributed by atoms with E-state index in [1.807, 2.05) is 32.9 Å². The fraction of sp³-hybridized carbons (Fsp3) is 0.321. The predicted octanol–water partition coefficient (Wildman–Crippen LogP) is 7.03. The Hall–Kier alpha value is -3.69. The lowest BCUT2D eigenvalue weighted by molar-refractivity contribution is 0.0527. The molecule has 0 aliphatic heterocycles. The summed E-state index contributed by atoms with van der Waals surface area (Å²) in [6.45, 7) is 6.59. The standard InChI is InChI=1S/C28H32Cl2N4O5/c1-28(2,3)39-27(36)33-9-5-8-32-25-7-6-23(16-34-25)38-24-11-18(17-37-26(35)31-4)10-19(14-24)20-12-21(29)15-22(30)13-20/h6-7,10-16H,5,8-9,17H2,1-4H3,(H,31,35)(H,32,34)(H,33,36). The molecule has 9 nitrogen and oxygen atoms in total. The van der Waals surface area contributed by atoms with Gasteiger partial charge in [-0.05, 0) is 92.4 Å². The first-order valence-corrected chi connectivity index (χ1v) is 13.1. The van der Waals surface area contributed by atoms with Gasteiger partial charge in [-0.25, -0.2) is 14.6 Å². The molecule has 0 atom stereocenters. The first-order valence-electron chi connectivity index (χ1n) is 12.3. The van der Waals surface area contributed by atoms with E-state index in [1.165, 1.54) is 7.05 Å². The van der Waals surface area contributed by atoms with Crippen LogP contribution in [0, 0.1) is 0 Å². The molecule has 1 aromatic heterocycles. The fourth-order valence-electron chi connectivity index (χ4n) is 3.40. The topological polar surface area (TPSA) is 111 Å². The van der Waals surface area contributed by atoms with Gasteiger partial charge in [0.1, 0.15) is 29.5 Å². The Kier molecular flexibility index (Phi) is 10.7. The maximum Gasteiger partial charge on any atom is 0.407 e. The summed E-state index contributed by atoms with van der Waals surface area (Å²) in [5.74, 6) is 1.71. The lowest BCUT2D eigenvalue weighted by Gasteiger charge is -2.19. The summed E-state index contributed by atoms with van der Waals surface area (Å²) >= 11 is 12.4. The summed E-state index contributed by atoms with van der Waals surface area (Å²) in [5, 5.41) is 9.35. The number of hydrogen-bond acceptors (Lipinski definition) is 7. The Bertz CT molecular complexity index is 1260. The molecule has 0 unspecified atom stereocenters. The normalized spacial score (nSPS) is 10.9. The number of halogens is 2. The van der Waals surface area contributed by atoms with Gasteiger partial charge in [0, 0.05) is 30.2 Å². The molecule has 2 amide bonds. The largest absolute Gasteiger partial charge is 0.456 e. The van der Waals surface area contributed by atoms with E-state index in [9.17, 15) is 9.59 Å². The highest BCUT2D eigenvalue weighted by molar-refractivity contribution is 6.35. The van der Waals surface area contributed by atoms with Crippen molar-refractivity contribution in [1.29, 1.82) is 0 Å². The van der Waals surface area contributed by atoms with Crippen molar-refractivity contribution in [2.45, 2.75) is 39.4 Å². The number of nitrogens with zero attached hydrogens (tertiary/aromatic N) is 1. The van der Waals surface area contributed by atoms with Crippen LogP contribution in [-0.2, 0) is 16.1 Å². The number of carbonyl (C=O) groups excluding carboxylic acids is 2. The van der Waals surface area contributed by atoms with Gasteiger partial charge in [-0.3, -0.25) is 0 Å². The van der Waals surface area contributed by atoms with Crippen LogP contribution in [0.3, 0.4) is 0 Å². The van der Waals surface area contributed by atoms with Crippen molar-refractivity contribution in [3.05, 3.63) is 70.3 Å². The van der Waals surface area contributed by atoms with Crippen LogP contribution in [0.1, 0.15) is 32.8 Å². The van der Waals surface area contributed by atoms with Crippen molar-refractivity contribution in [3.8, 4) is 22.6 Å². The van der Waals surface area contributed by atoms with E-state index in [0.29, 0.717) is 52.4 Å². The lowest BCUT2D eigenvalue weighted by atomic mass is 10.0. The second-order valence-electron chi connectivity index (χ2n) is 9.54. The minimum atomic E-state index is -0.540. The quantitative estimate of drug-likeness (QED) is 0.223. The third kappa shape index (κ3) is 10.5. The van der Waals surface area contributed by atoms with E-state index in [0.717, 1.165) is 11.1 Å². The predicted molar refractivity (Wildman–Crippen MR) is 153 cm³/mol. The molecule has 1 heterocycles. The molecule has 0 saturated carbocycles. The number of alkyl carbamates (subject to hydrolysis) is 2. The molecule has 2 aromatic carbocycles. The zero-order chi connectivity index (χ0) is 28.4. The number of amides is 2.